The van der Waals surface area contributed by atoms with Gasteiger partial charge in [-0.2, -0.15) is 5.26 Å². The second kappa shape index (κ2) is 6.64. The number of nitrogens with zero attached hydrogens (tertiary/aromatic N) is 2. The lowest BCUT2D eigenvalue weighted by atomic mass is 9.83. The van der Waals surface area contributed by atoms with Crippen molar-refractivity contribution in [3.63, 3.8) is 0 Å². The molecule has 1 aliphatic rings. The number of fused-ring (bicyclic) bond motifs is 4. The average molecular weight is 396 g/mol. The molecule has 7 heteroatoms. The van der Waals surface area contributed by atoms with E-state index in [9.17, 15) is 10.1 Å². The number of methoxy groups -OCH3 is 1. The van der Waals surface area contributed by atoms with Crippen LogP contribution in [0.25, 0.3) is 21.8 Å². The van der Waals surface area contributed by atoms with Crippen LogP contribution in [0, 0.1) is 11.3 Å². The summed E-state index contributed by atoms with van der Waals surface area (Å²) in [6.45, 7) is 0. The van der Waals surface area contributed by atoms with Gasteiger partial charge in [-0.15, -0.1) is 0 Å². The molecule has 0 saturated carbocycles. The van der Waals surface area contributed by atoms with E-state index in [0.717, 1.165) is 10.8 Å². The standard InChI is InChI=1S/C23H16N4O3/c1-29-14-6-4-13-9-16(23(28)27-18(13)10-14)19-15-7-5-12-3-2-8-26-20(12)21(15)30-22(25)17(19)11-24/h2-10,19H,25H2,1H3,(H,27,28). The molecule has 5 rings (SSSR count). The van der Waals surface area contributed by atoms with Gasteiger partial charge in [0.2, 0.25) is 5.88 Å². The number of nitriles is 1. The Morgan fingerprint density at radius 2 is 2.00 bits per heavy atom. The van der Waals surface area contributed by atoms with Crippen LogP contribution in [0.5, 0.6) is 11.5 Å². The Hall–Kier alpha value is -4.31. The number of H-pyrrole nitrogens is 1. The number of pyridine rings is 2. The SMILES string of the molecule is COc1ccc2cc(C3C(C#N)=C(N)Oc4c3ccc3cccnc43)c(=O)[nH]c2c1. The van der Waals surface area contributed by atoms with Crippen LogP contribution in [0.4, 0.5) is 0 Å². The van der Waals surface area contributed by atoms with Crippen LogP contribution in [-0.2, 0) is 0 Å². The van der Waals surface area contributed by atoms with E-state index < -0.39 is 5.92 Å². The maximum Gasteiger partial charge on any atom is 0.252 e. The Balaban J connectivity index is 1.80. The van der Waals surface area contributed by atoms with E-state index in [2.05, 4.69) is 16.0 Å². The molecule has 30 heavy (non-hydrogen) atoms. The van der Waals surface area contributed by atoms with Gasteiger partial charge in [0.05, 0.1) is 18.5 Å². The Bertz CT molecular complexity index is 1460. The number of nitrogens with two attached hydrogens (primary N) is 1. The van der Waals surface area contributed by atoms with Crippen LogP contribution < -0.4 is 20.8 Å². The third kappa shape index (κ3) is 2.58. The summed E-state index contributed by atoms with van der Waals surface area (Å²) in [5.41, 5.74) is 8.34. The zero-order valence-electron chi connectivity index (χ0n) is 16.0. The molecule has 3 heterocycles. The van der Waals surface area contributed by atoms with Crippen molar-refractivity contribution in [1.82, 2.24) is 9.97 Å². The number of rotatable bonds is 2. The van der Waals surface area contributed by atoms with Gasteiger partial charge in [0.25, 0.3) is 5.56 Å². The lowest BCUT2D eigenvalue weighted by Gasteiger charge is -2.26. The number of hydrogen-bond donors (Lipinski definition) is 2. The number of ether oxygens (including phenoxy) is 2. The first-order valence-electron chi connectivity index (χ1n) is 9.27. The highest BCUT2D eigenvalue weighted by molar-refractivity contribution is 5.87. The number of benzene rings is 2. The van der Waals surface area contributed by atoms with Crippen molar-refractivity contribution in [2.75, 3.05) is 7.11 Å². The highest BCUT2D eigenvalue weighted by Gasteiger charge is 2.33. The number of aromatic nitrogens is 2. The van der Waals surface area contributed by atoms with Gasteiger partial charge in [-0.3, -0.25) is 9.78 Å². The van der Waals surface area contributed by atoms with E-state index in [4.69, 9.17) is 15.2 Å². The molecule has 146 valence electrons. The molecular weight excluding hydrogens is 380 g/mol. The molecule has 4 aromatic rings. The predicted octanol–water partition coefficient (Wildman–Crippen LogP) is 3.30. The van der Waals surface area contributed by atoms with Crippen LogP contribution >= 0.6 is 0 Å². The monoisotopic (exact) mass is 396 g/mol. The second-order valence-electron chi connectivity index (χ2n) is 6.99. The average Bonchev–Trinajstić information content (AvgIpc) is 2.77. The van der Waals surface area contributed by atoms with Crippen LogP contribution in [-0.4, -0.2) is 17.1 Å². The molecule has 7 nitrogen and oxygen atoms in total. The van der Waals surface area contributed by atoms with Gasteiger partial charge in [0.15, 0.2) is 5.75 Å². The maximum absolute atomic E-state index is 13.0. The summed E-state index contributed by atoms with van der Waals surface area (Å²) < 4.78 is 11.0. The van der Waals surface area contributed by atoms with Crippen LogP contribution in [0.2, 0.25) is 0 Å². The van der Waals surface area contributed by atoms with E-state index in [-0.39, 0.29) is 17.0 Å². The minimum absolute atomic E-state index is 0.0256. The molecule has 1 aliphatic heterocycles. The molecule has 0 radical (unpaired) electrons. The van der Waals surface area contributed by atoms with Crippen molar-refractivity contribution in [3.8, 4) is 17.6 Å². The van der Waals surface area contributed by atoms with Crippen molar-refractivity contribution < 1.29 is 9.47 Å². The summed E-state index contributed by atoms with van der Waals surface area (Å²) >= 11 is 0. The Morgan fingerprint density at radius 3 is 2.80 bits per heavy atom. The van der Waals surface area contributed by atoms with Gasteiger partial charge in [-0.25, -0.2) is 0 Å². The molecule has 2 aromatic carbocycles. The number of hydrogen-bond acceptors (Lipinski definition) is 6. The van der Waals surface area contributed by atoms with Crippen LogP contribution in [0.3, 0.4) is 0 Å². The minimum atomic E-state index is -0.666. The lowest BCUT2D eigenvalue weighted by Crippen LogP contribution is -2.25. The van der Waals surface area contributed by atoms with Crippen molar-refractivity contribution in [1.29, 1.82) is 5.26 Å². The zero-order valence-corrected chi connectivity index (χ0v) is 16.0. The van der Waals surface area contributed by atoms with Crippen molar-refractivity contribution in [2.24, 2.45) is 5.73 Å². The van der Waals surface area contributed by atoms with E-state index in [1.807, 2.05) is 36.4 Å². The Labute approximate surface area is 171 Å². The molecule has 0 amide bonds. The fourth-order valence-electron chi connectivity index (χ4n) is 3.91. The van der Waals surface area contributed by atoms with Gasteiger partial charge in [-0.05, 0) is 29.7 Å². The molecule has 0 bridgehead atoms. The summed E-state index contributed by atoms with van der Waals surface area (Å²) in [5.74, 6) is 0.410. The Morgan fingerprint density at radius 1 is 1.17 bits per heavy atom. The van der Waals surface area contributed by atoms with Gasteiger partial charge < -0.3 is 20.2 Å². The van der Waals surface area contributed by atoms with E-state index >= 15 is 0 Å². The zero-order chi connectivity index (χ0) is 20.8. The van der Waals surface area contributed by atoms with E-state index in [0.29, 0.717) is 33.7 Å². The minimum Gasteiger partial charge on any atom is -0.497 e. The molecule has 3 N–H and O–H groups in total. The second-order valence-corrected chi connectivity index (χ2v) is 6.99. The third-order valence-corrected chi connectivity index (χ3v) is 5.35. The highest BCUT2D eigenvalue weighted by Crippen LogP contribution is 2.44. The molecule has 0 spiro atoms. The number of allylic oxidation sites excluding steroid dienone is 1. The summed E-state index contributed by atoms with van der Waals surface area (Å²) in [6.07, 6.45) is 1.66. The molecule has 2 aromatic heterocycles. The summed E-state index contributed by atoms with van der Waals surface area (Å²) in [5, 5.41) is 11.5. The lowest BCUT2D eigenvalue weighted by molar-refractivity contribution is 0.397. The maximum atomic E-state index is 13.0. The fourth-order valence-corrected chi connectivity index (χ4v) is 3.91. The number of aromatic amines is 1. The van der Waals surface area contributed by atoms with Gasteiger partial charge in [0, 0.05) is 28.8 Å². The molecule has 1 unspecified atom stereocenters. The van der Waals surface area contributed by atoms with Crippen molar-refractivity contribution in [2.45, 2.75) is 5.92 Å². The summed E-state index contributed by atoms with van der Waals surface area (Å²) in [6, 6.07) is 16.8. The third-order valence-electron chi connectivity index (χ3n) is 5.35. The summed E-state index contributed by atoms with van der Waals surface area (Å²) in [7, 11) is 1.57. The normalized spacial score (nSPS) is 15.5. The van der Waals surface area contributed by atoms with Gasteiger partial charge in [0.1, 0.15) is 22.9 Å². The first-order chi connectivity index (χ1) is 14.6. The van der Waals surface area contributed by atoms with E-state index in [1.165, 1.54) is 0 Å². The molecule has 0 saturated heterocycles. The van der Waals surface area contributed by atoms with Gasteiger partial charge in [-0.1, -0.05) is 18.2 Å². The van der Waals surface area contributed by atoms with Crippen LogP contribution in [0.15, 0.2) is 71.0 Å². The quantitative estimate of drug-likeness (QED) is 0.537. The Kier molecular flexibility index (Phi) is 3.93. The fraction of sp³-hybridized carbons (Fsp3) is 0.0870. The molecular formula is C23H16N4O3. The molecule has 0 fully saturated rings. The topological polar surface area (TPSA) is 114 Å². The van der Waals surface area contributed by atoms with Crippen LogP contribution in [0.1, 0.15) is 17.0 Å². The molecule has 1 atom stereocenters. The highest BCUT2D eigenvalue weighted by atomic mass is 16.5. The number of nitrogens with one attached hydrogen (secondary N) is 1. The van der Waals surface area contributed by atoms with Crippen molar-refractivity contribution >= 4 is 21.8 Å². The molecule has 0 aliphatic carbocycles. The van der Waals surface area contributed by atoms with Gasteiger partial charge >= 0.3 is 0 Å². The summed E-state index contributed by atoms with van der Waals surface area (Å²) in [4.78, 5) is 20.4. The van der Waals surface area contributed by atoms with Crippen molar-refractivity contribution in [3.05, 3.63) is 87.7 Å². The largest absolute Gasteiger partial charge is 0.497 e. The smallest absolute Gasteiger partial charge is 0.252 e. The predicted molar refractivity (Wildman–Crippen MR) is 112 cm³/mol. The first-order valence-corrected chi connectivity index (χ1v) is 9.27. The first kappa shape index (κ1) is 17.8. The van der Waals surface area contributed by atoms with E-state index in [1.54, 1.807) is 25.4 Å².